The lowest BCUT2D eigenvalue weighted by atomic mass is 9.55. The molecule has 1 fully saturated rings. The van der Waals surface area contributed by atoms with E-state index < -0.39 is 0 Å². The van der Waals surface area contributed by atoms with Gasteiger partial charge >= 0.3 is 0 Å². The lowest BCUT2D eigenvalue weighted by molar-refractivity contribution is 0.209. The Morgan fingerprint density at radius 3 is 2.59 bits per heavy atom. The Kier molecular flexibility index (Phi) is 3.24. The highest BCUT2D eigenvalue weighted by Gasteiger charge is 2.44. The van der Waals surface area contributed by atoms with Crippen molar-refractivity contribution in [2.24, 2.45) is 10.8 Å². The highest BCUT2D eigenvalue weighted by molar-refractivity contribution is 5.41. The summed E-state index contributed by atoms with van der Waals surface area (Å²) in [5.74, 6) is 0. The minimum Gasteiger partial charge on any atom is -0.396 e. The predicted octanol–water partition coefficient (Wildman–Crippen LogP) is 4.23. The molecule has 0 aliphatic heterocycles. The Bertz CT molecular complexity index is 373. The maximum atomic E-state index is 9.32. The molecule has 1 saturated carbocycles. The van der Waals surface area contributed by atoms with Gasteiger partial charge in [-0.25, -0.2) is 0 Å². The summed E-state index contributed by atoms with van der Waals surface area (Å²) in [5.41, 5.74) is 5.21. The molecule has 0 aromatic rings. The van der Waals surface area contributed by atoms with Gasteiger partial charge in [0.25, 0.3) is 0 Å². The van der Waals surface area contributed by atoms with Crippen molar-refractivity contribution in [3.63, 3.8) is 0 Å². The molecule has 0 spiro atoms. The molecular weight excluding hydrogens is 208 g/mol. The quantitative estimate of drug-likeness (QED) is 0.709. The zero-order valence-corrected chi connectivity index (χ0v) is 11.8. The minimum atomic E-state index is 0.229. The van der Waals surface area contributed by atoms with Crippen LogP contribution in [0.2, 0.25) is 0 Å². The maximum Gasteiger partial charge on any atom is 0.0468 e. The lowest BCUT2D eigenvalue weighted by Crippen LogP contribution is -2.38. The van der Waals surface area contributed by atoms with Crippen molar-refractivity contribution in [3.05, 3.63) is 22.8 Å². The van der Waals surface area contributed by atoms with E-state index in [1.807, 2.05) is 0 Å². The zero-order valence-electron chi connectivity index (χ0n) is 11.8. The van der Waals surface area contributed by atoms with Gasteiger partial charge in [0, 0.05) is 12.0 Å². The average molecular weight is 234 g/mol. The lowest BCUT2D eigenvalue weighted by Gasteiger charge is -2.50. The summed E-state index contributed by atoms with van der Waals surface area (Å²) < 4.78 is 0. The molecule has 0 aromatic heterocycles. The molecule has 0 aromatic carbocycles. The van der Waals surface area contributed by atoms with Crippen LogP contribution in [0, 0.1) is 10.8 Å². The fraction of sp³-hybridized carbons (Fsp3) is 0.750. The first-order valence-corrected chi connectivity index (χ1v) is 6.93. The van der Waals surface area contributed by atoms with E-state index in [9.17, 15) is 5.11 Å². The molecule has 1 nitrogen and oxygen atoms in total. The van der Waals surface area contributed by atoms with Gasteiger partial charge in [-0.1, -0.05) is 50.0 Å². The summed E-state index contributed by atoms with van der Waals surface area (Å²) >= 11 is 0. The summed E-state index contributed by atoms with van der Waals surface area (Å²) in [6.07, 6.45) is 8.28. The molecule has 0 bridgehead atoms. The molecule has 1 atom stereocenters. The van der Waals surface area contributed by atoms with Crippen LogP contribution in [0.4, 0.5) is 0 Å². The normalized spacial score (nSPS) is 32.2. The largest absolute Gasteiger partial charge is 0.396 e. The summed E-state index contributed by atoms with van der Waals surface area (Å²) in [6, 6.07) is 0. The van der Waals surface area contributed by atoms with E-state index in [-0.39, 0.29) is 12.0 Å². The molecule has 2 aliphatic carbocycles. The van der Waals surface area contributed by atoms with Crippen molar-refractivity contribution in [1.82, 2.24) is 0 Å². The fourth-order valence-electron chi connectivity index (χ4n) is 4.17. The number of hydrogen-bond donors (Lipinski definition) is 1. The first-order chi connectivity index (χ1) is 7.92. The van der Waals surface area contributed by atoms with E-state index in [2.05, 4.69) is 33.8 Å². The predicted molar refractivity (Wildman–Crippen MR) is 72.8 cm³/mol. The molecule has 2 rings (SSSR count). The van der Waals surface area contributed by atoms with Crippen LogP contribution in [-0.4, -0.2) is 11.7 Å². The van der Waals surface area contributed by atoms with E-state index in [0.717, 1.165) is 12.8 Å². The van der Waals surface area contributed by atoms with Gasteiger partial charge in [0.15, 0.2) is 0 Å². The van der Waals surface area contributed by atoms with Crippen molar-refractivity contribution < 1.29 is 5.11 Å². The zero-order chi connectivity index (χ0) is 12.7. The monoisotopic (exact) mass is 234 g/mol. The van der Waals surface area contributed by atoms with Gasteiger partial charge in [0.05, 0.1) is 0 Å². The molecule has 1 N–H and O–H groups in total. The van der Waals surface area contributed by atoms with E-state index in [1.54, 1.807) is 5.57 Å². The molecule has 2 aliphatic rings. The Morgan fingerprint density at radius 2 is 1.94 bits per heavy atom. The first kappa shape index (κ1) is 12.9. The van der Waals surface area contributed by atoms with E-state index in [4.69, 9.17) is 0 Å². The summed E-state index contributed by atoms with van der Waals surface area (Å²) in [4.78, 5) is 0. The molecule has 0 radical (unpaired) electrons. The van der Waals surface area contributed by atoms with Crippen LogP contribution in [0.3, 0.4) is 0 Å². The molecule has 0 amide bonds. The molecule has 0 saturated heterocycles. The number of fused-ring (bicyclic) bond motifs is 1. The molecular formula is C16H26O. The third-order valence-electron chi connectivity index (χ3n) is 4.96. The maximum absolute atomic E-state index is 9.32. The van der Waals surface area contributed by atoms with Crippen molar-refractivity contribution >= 4 is 0 Å². The second-order valence-electron chi connectivity index (χ2n) is 6.62. The van der Waals surface area contributed by atoms with Crippen molar-refractivity contribution in [2.75, 3.05) is 6.61 Å². The van der Waals surface area contributed by atoms with E-state index in [1.165, 1.54) is 30.4 Å². The van der Waals surface area contributed by atoms with Crippen LogP contribution < -0.4 is 0 Å². The fourth-order valence-corrected chi connectivity index (χ4v) is 4.17. The number of aliphatic hydroxyl groups excluding tert-OH is 1. The number of hydrogen-bond acceptors (Lipinski definition) is 1. The van der Waals surface area contributed by atoms with E-state index >= 15 is 0 Å². The summed E-state index contributed by atoms with van der Waals surface area (Å²) in [6.45, 7) is 9.69. The molecule has 1 heteroatoms. The van der Waals surface area contributed by atoms with Gasteiger partial charge in [0.2, 0.25) is 0 Å². The van der Waals surface area contributed by atoms with Crippen molar-refractivity contribution in [3.8, 4) is 0 Å². The summed E-state index contributed by atoms with van der Waals surface area (Å²) in [7, 11) is 0. The van der Waals surface area contributed by atoms with Gasteiger partial charge in [-0.3, -0.25) is 0 Å². The molecule has 17 heavy (non-hydrogen) atoms. The summed E-state index contributed by atoms with van der Waals surface area (Å²) in [5, 5.41) is 9.32. The smallest absolute Gasteiger partial charge is 0.0468 e. The average Bonchev–Trinajstić information content (AvgIpc) is 2.22. The number of rotatable bonds is 2. The molecule has 0 heterocycles. The van der Waals surface area contributed by atoms with Crippen LogP contribution in [0.5, 0.6) is 0 Å². The minimum absolute atomic E-state index is 0.229. The van der Waals surface area contributed by atoms with Crippen molar-refractivity contribution in [2.45, 2.75) is 59.8 Å². The topological polar surface area (TPSA) is 20.2 Å². The Labute approximate surface area is 106 Å². The van der Waals surface area contributed by atoms with Crippen molar-refractivity contribution in [1.29, 1.82) is 0 Å². The second-order valence-corrected chi connectivity index (χ2v) is 6.62. The number of allylic oxidation sites excluding steroid dienone is 3. The Morgan fingerprint density at radius 1 is 1.24 bits per heavy atom. The third kappa shape index (κ3) is 1.99. The second kappa shape index (κ2) is 4.28. The highest BCUT2D eigenvalue weighted by atomic mass is 16.2. The molecule has 96 valence electrons. The molecule has 1 unspecified atom stereocenters. The van der Waals surface area contributed by atoms with Crippen LogP contribution in [-0.2, 0) is 0 Å². The highest BCUT2D eigenvalue weighted by Crippen LogP contribution is 2.57. The van der Waals surface area contributed by atoms with Crippen LogP contribution in [0.15, 0.2) is 22.8 Å². The van der Waals surface area contributed by atoms with Crippen LogP contribution in [0.1, 0.15) is 59.8 Å². The third-order valence-corrected chi connectivity index (χ3v) is 4.96. The van der Waals surface area contributed by atoms with Gasteiger partial charge in [0.1, 0.15) is 0 Å². The van der Waals surface area contributed by atoms with Gasteiger partial charge in [-0.15, -0.1) is 0 Å². The van der Waals surface area contributed by atoms with Crippen LogP contribution in [0.25, 0.3) is 0 Å². The van der Waals surface area contributed by atoms with E-state index in [0.29, 0.717) is 5.41 Å². The first-order valence-electron chi connectivity index (χ1n) is 6.93. The Balaban J connectivity index is 2.43. The standard InChI is InChI=1S/C16H26O/c1-12-6-7-14-15(2,3)9-5-10-16(14,4)13(12)8-11-17/h7,17H,5-6,8-11H2,1-4H3. The van der Waals surface area contributed by atoms with Crippen LogP contribution >= 0.6 is 0 Å². The van der Waals surface area contributed by atoms with Gasteiger partial charge in [-0.05, 0) is 38.0 Å². The Hall–Kier alpha value is -0.560. The van der Waals surface area contributed by atoms with Gasteiger partial charge < -0.3 is 5.11 Å². The SMILES string of the molecule is CC1=C(CCO)C2(C)CCCC(C)(C)C2=CC1. The van der Waals surface area contributed by atoms with Gasteiger partial charge in [-0.2, -0.15) is 0 Å². The number of aliphatic hydroxyl groups is 1.